The minimum atomic E-state index is 0.0439. The molecular weight excluding hydrogens is 198 g/mol. The highest BCUT2D eigenvalue weighted by Gasteiger charge is 2.28. The molecule has 16 heavy (non-hydrogen) atoms. The molecule has 0 aliphatic rings. The third-order valence-electron chi connectivity index (χ3n) is 2.85. The summed E-state index contributed by atoms with van der Waals surface area (Å²) in [4.78, 5) is 0. The molecule has 0 aliphatic heterocycles. The van der Waals surface area contributed by atoms with Gasteiger partial charge in [-0.3, -0.25) is 0 Å². The first-order valence-electron chi connectivity index (χ1n) is 5.81. The molecule has 2 rings (SSSR count). The van der Waals surface area contributed by atoms with Crippen molar-refractivity contribution < 1.29 is 4.42 Å². The molecule has 0 saturated heterocycles. The van der Waals surface area contributed by atoms with E-state index in [0.29, 0.717) is 0 Å². The lowest BCUT2D eigenvalue weighted by Gasteiger charge is -2.30. The van der Waals surface area contributed by atoms with Gasteiger partial charge in [0.25, 0.3) is 0 Å². The van der Waals surface area contributed by atoms with Crippen molar-refractivity contribution in [1.29, 1.82) is 0 Å². The molecule has 2 heteroatoms. The molecule has 2 heterocycles. The standard InChI is InChI=1S/C14H21NO/c1-13(2,3)11-9-10-7-8-16-12(10)15(11)14(4,5)6/h7-9H,1-6H3. The van der Waals surface area contributed by atoms with Crippen LogP contribution in [-0.4, -0.2) is 4.57 Å². The first kappa shape index (κ1) is 11.3. The third-order valence-corrected chi connectivity index (χ3v) is 2.85. The molecule has 2 aromatic rings. The topological polar surface area (TPSA) is 18.1 Å². The van der Waals surface area contributed by atoms with E-state index < -0.39 is 0 Å². The number of hydrogen-bond acceptors (Lipinski definition) is 1. The number of nitrogens with zero attached hydrogens (tertiary/aromatic N) is 1. The van der Waals surface area contributed by atoms with Gasteiger partial charge in [-0.25, -0.2) is 0 Å². The summed E-state index contributed by atoms with van der Waals surface area (Å²) < 4.78 is 7.92. The average Bonchev–Trinajstić information content (AvgIpc) is 2.53. The summed E-state index contributed by atoms with van der Waals surface area (Å²) in [5, 5.41) is 1.19. The van der Waals surface area contributed by atoms with Gasteiger partial charge in [-0.1, -0.05) is 20.8 Å². The zero-order valence-electron chi connectivity index (χ0n) is 11.1. The first-order chi connectivity index (χ1) is 7.21. The largest absolute Gasteiger partial charge is 0.448 e. The monoisotopic (exact) mass is 219 g/mol. The van der Waals surface area contributed by atoms with Crippen LogP contribution < -0.4 is 0 Å². The summed E-state index contributed by atoms with van der Waals surface area (Å²) in [5.41, 5.74) is 2.49. The van der Waals surface area contributed by atoms with Crippen molar-refractivity contribution in [2.45, 2.75) is 52.5 Å². The van der Waals surface area contributed by atoms with Gasteiger partial charge in [0, 0.05) is 22.0 Å². The molecule has 0 fully saturated rings. The van der Waals surface area contributed by atoms with Gasteiger partial charge >= 0.3 is 0 Å². The molecule has 0 amide bonds. The smallest absolute Gasteiger partial charge is 0.207 e. The van der Waals surface area contributed by atoms with E-state index in [0.717, 1.165) is 5.71 Å². The normalized spacial score (nSPS) is 13.6. The Morgan fingerprint density at radius 2 is 1.69 bits per heavy atom. The van der Waals surface area contributed by atoms with Gasteiger partial charge in [0.05, 0.1) is 6.26 Å². The predicted octanol–water partition coefficient (Wildman–Crippen LogP) is 4.29. The van der Waals surface area contributed by atoms with E-state index in [2.05, 4.69) is 52.2 Å². The second kappa shape index (κ2) is 3.16. The summed E-state index contributed by atoms with van der Waals surface area (Å²) in [6.45, 7) is 13.4. The van der Waals surface area contributed by atoms with Crippen molar-refractivity contribution in [3.63, 3.8) is 0 Å². The van der Waals surface area contributed by atoms with Crippen molar-refractivity contribution in [1.82, 2.24) is 4.57 Å². The summed E-state index contributed by atoms with van der Waals surface area (Å²) >= 11 is 0. The fourth-order valence-electron chi connectivity index (χ4n) is 2.14. The van der Waals surface area contributed by atoms with Gasteiger partial charge in [-0.05, 0) is 32.9 Å². The van der Waals surface area contributed by atoms with E-state index in [9.17, 15) is 0 Å². The lowest BCUT2D eigenvalue weighted by molar-refractivity contribution is 0.354. The van der Waals surface area contributed by atoms with Crippen LogP contribution in [0, 0.1) is 0 Å². The highest BCUT2D eigenvalue weighted by atomic mass is 16.3. The molecule has 0 aliphatic carbocycles. The van der Waals surface area contributed by atoms with Gasteiger partial charge in [0.1, 0.15) is 0 Å². The van der Waals surface area contributed by atoms with Crippen LogP contribution in [0.3, 0.4) is 0 Å². The second-order valence-electron chi connectivity index (χ2n) is 6.47. The maximum absolute atomic E-state index is 5.61. The molecule has 0 aromatic carbocycles. The second-order valence-corrected chi connectivity index (χ2v) is 6.47. The molecule has 88 valence electrons. The van der Waals surface area contributed by atoms with Crippen molar-refractivity contribution in [3.8, 4) is 0 Å². The van der Waals surface area contributed by atoms with Crippen molar-refractivity contribution >= 4 is 11.1 Å². The van der Waals surface area contributed by atoms with Gasteiger partial charge in [0.2, 0.25) is 5.71 Å². The molecule has 2 nitrogen and oxygen atoms in total. The third kappa shape index (κ3) is 1.66. The lowest BCUT2D eigenvalue weighted by Crippen LogP contribution is -2.28. The van der Waals surface area contributed by atoms with Crippen LogP contribution in [0.15, 0.2) is 22.8 Å². The fourth-order valence-corrected chi connectivity index (χ4v) is 2.14. The van der Waals surface area contributed by atoms with Gasteiger partial charge in [-0.15, -0.1) is 0 Å². The van der Waals surface area contributed by atoms with E-state index in [1.165, 1.54) is 11.1 Å². The number of rotatable bonds is 0. The molecule has 0 atom stereocenters. The van der Waals surface area contributed by atoms with E-state index in [4.69, 9.17) is 4.42 Å². The fraction of sp³-hybridized carbons (Fsp3) is 0.571. The highest BCUT2D eigenvalue weighted by Crippen LogP contribution is 2.34. The highest BCUT2D eigenvalue weighted by molar-refractivity contribution is 5.77. The summed E-state index contributed by atoms with van der Waals surface area (Å²) in [7, 11) is 0. The van der Waals surface area contributed by atoms with Gasteiger partial charge < -0.3 is 8.98 Å². The van der Waals surface area contributed by atoms with Crippen LogP contribution >= 0.6 is 0 Å². The molecule has 0 saturated carbocycles. The molecule has 0 unspecified atom stereocenters. The summed E-state index contributed by atoms with van der Waals surface area (Å²) in [5.74, 6) is 0. The molecule has 0 radical (unpaired) electrons. The number of furan rings is 1. The summed E-state index contributed by atoms with van der Waals surface area (Å²) in [6.07, 6.45) is 1.76. The molecule has 2 aromatic heterocycles. The Hall–Kier alpha value is -1.18. The van der Waals surface area contributed by atoms with Crippen LogP contribution in [0.4, 0.5) is 0 Å². The zero-order chi connectivity index (χ0) is 12.1. The Kier molecular flexibility index (Phi) is 2.23. The van der Waals surface area contributed by atoms with Gasteiger partial charge in [0.15, 0.2) is 0 Å². The van der Waals surface area contributed by atoms with E-state index in [1.54, 1.807) is 6.26 Å². The van der Waals surface area contributed by atoms with Crippen LogP contribution in [-0.2, 0) is 11.0 Å². The Morgan fingerprint density at radius 3 is 2.19 bits per heavy atom. The SMILES string of the molecule is CC(C)(C)c1cc2ccoc2n1C(C)(C)C. The predicted molar refractivity (Wildman–Crippen MR) is 67.9 cm³/mol. The maximum atomic E-state index is 5.61. The first-order valence-corrected chi connectivity index (χ1v) is 5.81. The molecule has 0 N–H and O–H groups in total. The van der Waals surface area contributed by atoms with E-state index in [-0.39, 0.29) is 11.0 Å². The number of hydrogen-bond donors (Lipinski definition) is 0. The Balaban J connectivity index is 2.79. The minimum absolute atomic E-state index is 0.0439. The average molecular weight is 219 g/mol. The number of fused-ring (bicyclic) bond motifs is 1. The van der Waals surface area contributed by atoms with E-state index >= 15 is 0 Å². The molecule has 0 spiro atoms. The molecule has 0 bridgehead atoms. The van der Waals surface area contributed by atoms with Gasteiger partial charge in [-0.2, -0.15) is 0 Å². The van der Waals surface area contributed by atoms with E-state index in [1.807, 2.05) is 6.07 Å². The van der Waals surface area contributed by atoms with Crippen LogP contribution in [0.2, 0.25) is 0 Å². The molecular formula is C14H21NO. The Morgan fingerprint density at radius 1 is 1.06 bits per heavy atom. The van der Waals surface area contributed by atoms with Crippen LogP contribution in [0.1, 0.15) is 47.2 Å². The van der Waals surface area contributed by atoms with Crippen LogP contribution in [0.5, 0.6) is 0 Å². The quantitative estimate of drug-likeness (QED) is 0.646. The summed E-state index contributed by atoms with van der Waals surface area (Å²) in [6, 6.07) is 4.27. The Bertz CT molecular complexity index is 503. The number of aromatic nitrogens is 1. The minimum Gasteiger partial charge on any atom is -0.448 e. The zero-order valence-corrected chi connectivity index (χ0v) is 11.1. The maximum Gasteiger partial charge on any atom is 0.207 e. The van der Waals surface area contributed by atoms with Crippen molar-refractivity contribution in [2.75, 3.05) is 0 Å². The van der Waals surface area contributed by atoms with Crippen molar-refractivity contribution in [2.24, 2.45) is 0 Å². The van der Waals surface area contributed by atoms with Crippen molar-refractivity contribution in [3.05, 3.63) is 24.1 Å². The Labute approximate surface area is 97.2 Å². The lowest BCUT2D eigenvalue weighted by atomic mass is 9.91. The van der Waals surface area contributed by atoms with Crippen LogP contribution in [0.25, 0.3) is 11.1 Å².